The number of rotatable bonds is 2. The highest BCUT2D eigenvalue weighted by Gasteiger charge is 2.39. The van der Waals surface area contributed by atoms with Crippen LogP contribution in [0.25, 0.3) is 0 Å². The van der Waals surface area contributed by atoms with Crippen molar-refractivity contribution in [2.75, 3.05) is 12.4 Å². The van der Waals surface area contributed by atoms with Gasteiger partial charge in [-0.1, -0.05) is 11.6 Å². The molecule has 16 heavy (non-hydrogen) atoms. The molecular weight excluding hydrogens is 249 g/mol. The lowest BCUT2D eigenvalue weighted by Gasteiger charge is -2.09. The number of ether oxygens (including phenoxy) is 1. The van der Waals surface area contributed by atoms with Crippen LogP contribution in [-0.2, 0) is 4.79 Å². The summed E-state index contributed by atoms with van der Waals surface area (Å²) in [7, 11) is 1.28. The molecule has 88 valence electrons. The molecule has 0 spiro atoms. The van der Waals surface area contributed by atoms with Gasteiger partial charge in [-0.2, -0.15) is 18.2 Å². The van der Waals surface area contributed by atoms with E-state index in [0.29, 0.717) is 0 Å². The number of carbonyl (C=O) groups is 1. The third-order valence-electron chi connectivity index (χ3n) is 1.52. The van der Waals surface area contributed by atoms with E-state index in [4.69, 9.17) is 11.6 Å². The number of carbonyl (C=O) groups excluding carboxylic acids is 1. The Kier molecular flexibility index (Phi) is 3.58. The molecule has 0 atom stereocenters. The molecule has 1 aromatic rings. The van der Waals surface area contributed by atoms with Gasteiger partial charge in [-0.15, -0.1) is 0 Å². The fourth-order valence-electron chi connectivity index (χ4n) is 0.804. The minimum absolute atomic E-state index is 0.0434. The van der Waals surface area contributed by atoms with E-state index in [1.54, 1.807) is 0 Å². The zero-order valence-electron chi connectivity index (χ0n) is 7.93. The van der Waals surface area contributed by atoms with E-state index in [-0.39, 0.29) is 10.9 Å². The van der Waals surface area contributed by atoms with Crippen molar-refractivity contribution in [1.82, 2.24) is 4.98 Å². The Morgan fingerprint density at radius 3 is 2.62 bits per heavy atom. The molecule has 1 heterocycles. The number of aromatic nitrogens is 1. The minimum Gasteiger partial charge on any atom is -0.481 e. The van der Waals surface area contributed by atoms with E-state index in [1.165, 1.54) is 24.6 Å². The highest BCUT2D eigenvalue weighted by molar-refractivity contribution is 6.33. The number of methoxy groups -OCH3 is 1. The quantitative estimate of drug-likeness (QED) is 0.881. The minimum atomic E-state index is -4.99. The van der Waals surface area contributed by atoms with Crippen molar-refractivity contribution >= 4 is 23.3 Å². The number of hydrogen-bond donors (Lipinski definition) is 1. The highest BCUT2D eigenvalue weighted by Crippen LogP contribution is 2.24. The lowest BCUT2D eigenvalue weighted by Crippen LogP contribution is -2.30. The topological polar surface area (TPSA) is 51.2 Å². The van der Waals surface area contributed by atoms with Crippen molar-refractivity contribution in [1.29, 1.82) is 0 Å². The first-order valence-electron chi connectivity index (χ1n) is 3.93. The van der Waals surface area contributed by atoms with Gasteiger partial charge < -0.3 is 10.1 Å². The lowest BCUT2D eigenvalue weighted by atomic mass is 10.4. The molecule has 1 N–H and O–H groups in total. The third-order valence-corrected chi connectivity index (χ3v) is 1.82. The Morgan fingerprint density at radius 1 is 1.50 bits per heavy atom. The Bertz CT molecular complexity index is 409. The lowest BCUT2D eigenvalue weighted by molar-refractivity contribution is -0.167. The molecule has 4 nitrogen and oxygen atoms in total. The summed E-state index contributed by atoms with van der Waals surface area (Å²) in [5.74, 6) is -2.50. The van der Waals surface area contributed by atoms with Gasteiger partial charge in [0, 0.05) is 6.07 Å². The van der Waals surface area contributed by atoms with E-state index in [0.717, 1.165) is 0 Å². The van der Waals surface area contributed by atoms with Crippen LogP contribution in [0, 0.1) is 0 Å². The van der Waals surface area contributed by atoms with Gasteiger partial charge in [-0.25, -0.2) is 0 Å². The van der Waals surface area contributed by atoms with Crippen molar-refractivity contribution in [3.05, 3.63) is 17.2 Å². The number of hydrogen-bond acceptors (Lipinski definition) is 3. The summed E-state index contributed by atoms with van der Waals surface area (Å²) in [6.07, 6.45) is -4.99. The zero-order valence-corrected chi connectivity index (χ0v) is 8.69. The third kappa shape index (κ3) is 2.99. The van der Waals surface area contributed by atoms with Crippen LogP contribution < -0.4 is 10.1 Å². The largest absolute Gasteiger partial charge is 0.481 e. The Hall–Kier alpha value is -1.50. The molecule has 0 fully saturated rings. The van der Waals surface area contributed by atoms with Crippen LogP contribution in [0.4, 0.5) is 19.0 Å². The van der Waals surface area contributed by atoms with Gasteiger partial charge in [-0.05, 0) is 6.07 Å². The van der Waals surface area contributed by atoms with E-state index >= 15 is 0 Å². The zero-order chi connectivity index (χ0) is 12.3. The van der Waals surface area contributed by atoms with Gasteiger partial charge in [0.1, 0.15) is 0 Å². The van der Waals surface area contributed by atoms with E-state index in [9.17, 15) is 18.0 Å². The maximum Gasteiger partial charge on any atom is 0.471 e. The molecule has 0 bridgehead atoms. The molecular formula is C8H6ClF3N2O2. The van der Waals surface area contributed by atoms with Gasteiger partial charge in [0.05, 0.1) is 12.1 Å². The molecule has 0 aliphatic heterocycles. The van der Waals surface area contributed by atoms with Crippen molar-refractivity contribution in [2.24, 2.45) is 0 Å². The number of nitrogens with one attached hydrogen (secondary N) is 1. The second-order valence-electron chi connectivity index (χ2n) is 2.64. The van der Waals surface area contributed by atoms with Crippen molar-refractivity contribution < 1.29 is 22.7 Å². The second-order valence-corrected chi connectivity index (χ2v) is 3.04. The fraction of sp³-hybridized carbons (Fsp3) is 0.250. The van der Waals surface area contributed by atoms with Crippen LogP contribution in [0.2, 0.25) is 5.02 Å². The predicted molar refractivity (Wildman–Crippen MR) is 50.5 cm³/mol. The van der Waals surface area contributed by atoms with E-state index < -0.39 is 17.9 Å². The average molecular weight is 255 g/mol. The Balaban J connectivity index is 2.92. The average Bonchev–Trinajstić information content (AvgIpc) is 2.19. The van der Waals surface area contributed by atoms with Gasteiger partial charge in [0.2, 0.25) is 5.88 Å². The monoisotopic (exact) mass is 254 g/mol. The summed E-state index contributed by atoms with van der Waals surface area (Å²) in [4.78, 5) is 14.2. The molecule has 0 saturated heterocycles. The van der Waals surface area contributed by atoms with Gasteiger partial charge in [0.25, 0.3) is 0 Å². The van der Waals surface area contributed by atoms with Gasteiger partial charge >= 0.3 is 12.1 Å². The molecule has 0 radical (unpaired) electrons. The summed E-state index contributed by atoms with van der Waals surface area (Å²) in [6, 6.07) is 2.62. The number of nitrogens with zero attached hydrogens (tertiary/aromatic N) is 1. The van der Waals surface area contributed by atoms with Crippen LogP contribution in [0.3, 0.4) is 0 Å². The first kappa shape index (κ1) is 12.6. The normalized spacial score (nSPS) is 11.1. The number of alkyl halides is 3. The standard InChI is InChI=1S/C8H6ClF3N2O2/c1-16-5-3-2-4(9)6(13-5)14-7(15)8(10,11)12/h2-3H,1H3,(H,13,14,15). The second kappa shape index (κ2) is 4.56. The number of amides is 1. The van der Waals surface area contributed by atoms with Crippen molar-refractivity contribution in [2.45, 2.75) is 6.18 Å². The van der Waals surface area contributed by atoms with Gasteiger partial charge in [0.15, 0.2) is 5.82 Å². The summed E-state index contributed by atoms with van der Waals surface area (Å²) in [5.41, 5.74) is 0. The van der Waals surface area contributed by atoms with E-state index in [1.807, 2.05) is 0 Å². The molecule has 1 amide bonds. The van der Waals surface area contributed by atoms with Crippen molar-refractivity contribution in [3.63, 3.8) is 0 Å². The van der Waals surface area contributed by atoms with E-state index in [2.05, 4.69) is 9.72 Å². The Labute approximate surface area is 93.4 Å². The molecule has 0 saturated carbocycles. The maximum atomic E-state index is 11.9. The molecule has 0 aromatic carbocycles. The van der Waals surface area contributed by atoms with Gasteiger partial charge in [-0.3, -0.25) is 4.79 Å². The summed E-state index contributed by atoms with van der Waals surface area (Å²) < 4.78 is 40.5. The van der Waals surface area contributed by atoms with Crippen LogP contribution in [-0.4, -0.2) is 24.2 Å². The molecule has 1 aromatic heterocycles. The SMILES string of the molecule is COc1ccc(Cl)c(NC(=O)C(F)(F)F)n1. The first-order chi connectivity index (χ1) is 7.34. The smallest absolute Gasteiger partial charge is 0.471 e. The molecule has 0 unspecified atom stereocenters. The number of halogens is 4. The van der Waals surface area contributed by atoms with Crippen LogP contribution >= 0.6 is 11.6 Å². The summed E-state index contributed by atoms with van der Waals surface area (Å²) in [6.45, 7) is 0. The summed E-state index contributed by atoms with van der Waals surface area (Å²) >= 11 is 5.55. The number of anilines is 1. The number of pyridine rings is 1. The molecule has 1 rings (SSSR count). The molecule has 0 aliphatic carbocycles. The van der Waals surface area contributed by atoms with Crippen LogP contribution in [0.15, 0.2) is 12.1 Å². The van der Waals surface area contributed by atoms with Crippen molar-refractivity contribution in [3.8, 4) is 5.88 Å². The Morgan fingerprint density at radius 2 is 2.12 bits per heavy atom. The fourth-order valence-corrected chi connectivity index (χ4v) is 0.956. The van der Waals surface area contributed by atoms with Crippen LogP contribution in [0.1, 0.15) is 0 Å². The van der Waals surface area contributed by atoms with Crippen LogP contribution in [0.5, 0.6) is 5.88 Å². The molecule has 0 aliphatic rings. The first-order valence-corrected chi connectivity index (χ1v) is 4.31. The maximum absolute atomic E-state index is 11.9. The predicted octanol–water partition coefficient (Wildman–Crippen LogP) is 2.24. The molecule has 8 heteroatoms. The highest BCUT2D eigenvalue weighted by atomic mass is 35.5. The summed E-state index contributed by atoms with van der Waals surface area (Å²) in [5, 5.41) is 1.43.